The van der Waals surface area contributed by atoms with Crippen LogP contribution in [0.2, 0.25) is 0 Å². The summed E-state index contributed by atoms with van der Waals surface area (Å²) in [6.45, 7) is 6.61. The summed E-state index contributed by atoms with van der Waals surface area (Å²) in [6, 6.07) is 0.389. The monoisotopic (exact) mass is 252 g/mol. The zero-order valence-corrected chi connectivity index (χ0v) is 12.0. The molecule has 3 nitrogen and oxygen atoms in total. The Morgan fingerprint density at radius 2 is 1.94 bits per heavy atom. The lowest BCUT2D eigenvalue weighted by Gasteiger charge is -2.37. The third kappa shape index (κ3) is 2.42. The normalized spacial score (nSPS) is 44.9. The highest BCUT2D eigenvalue weighted by Gasteiger charge is 2.44. The molecule has 0 aromatic carbocycles. The van der Waals surface area contributed by atoms with Gasteiger partial charge in [-0.15, -0.1) is 0 Å². The fourth-order valence-corrected chi connectivity index (χ4v) is 3.59. The van der Waals surface area contributed by atoms with Crippen molar-refractivity contribution in [2.24, 2.45) is 23.0 Å². The summed E-state index contributed by atoms with van der Waals surface area (Å²) >= 11 is 0. The summed E-state index contributed by atoms with van der Waals surface area (Å²) < 4.78 is 0. The van der Waals surface area contributed by atoms with Crippen molar-refractivity contribution < 1.29 is 4.79 Å². The van der Waals surface area contributed by atoms with Gasteiger partial charge in [-0.1, -0.05) is 33.1 Å². The van der Waals surface area contributed by atoms with Gasteiger partial charge in [0.15, 0.2) is 0 Å². The van der Waals surface area contributed by atoms with E-state index in [9.17, 15) is 4.79 Å². The van der Waals surface area contributed by atoms with E-state index in [-0.39, 0.29) is 17.4 Å². The Labute approximate surface area is 111 Å². The van der Waals surface area contributed by atoms with E-state index < -0.39 is 0 Å². The van der Waals surface area contributed by atoms with Crippen LogP contribution >= 0.6 is 0 Å². The van der Waals surface area contributed by atoms with Gasteiger partial charge in [0.25, 0.3) is 0 Å². The van der Waals surface area contributed by atoms with Crippen LogP contribution in [0.4, 0.5) is 0 Å². The average Bonchev–Trinajstić information content (AvgIpc) is 2.67. The van der Waals surface area contributed by atoms with Crippen LogP contribution in [0.5, 0.6) is 0 Å². The molecule has 2 aliphatic rings. The average molecular weight is 252 g/mol. The Morgan fingerprint density at radius 3 is 2.56 bits per heavy atom. The van der Waals surface area contributed by atoms with Crippen LogP contribution in [-0.2, 0) is 4.79 Å². The van der Waals surface area contributed by atoms with E-state index in [0.29, 0.717) is 17.9 Å². The molecular weight excluding hydrogens is 224 g/mol. The molecule has 104 valence electrons. The zero-order valence-electron chi connectivity index (χ0n) is 12.0. The van der Waals surface area contributed by atoms with Crippen LogP contribution in [0.25, 0.3) is 0 Å². The Morgan fingerprint density at radius 1 is 1.22 bits per heavy atom. The van der Waals surface area contributed by atoms with Crippen molar-refractivity contribution in [3.05, 3.63) is 0 Å². The summed E-state index contributed by atoms with van der Waals surface area (Å²) in [5.74, 6) is 1.50. The van der Waals surface area contributed by atoms with E-state index in [1.165, 1.54) is 12.8 Å². The maximum Gasteiger partial charge on any atom is 0.227 e. The van der Waals surface area contributed by atoms with Crippen molar-refractivity contribution in [1.82, 2.24) is 5.32 Å². The van der Waals surface area contributed by atoms with Gasteiger partial charge >= 0.3 is 0 Å². The second-order valence-electron chi connectivity index (χ2n) is 6.76. The van der Waals surface area contributed by atoms with Gasteiger partial charge in [0.1, 0.15) is 0 Å². The van der Waals surface area contributed by atoms with Crippen LogP contribution in [0.15, 0.2) is 0 Å². The van der Waals surface area contributed by atoms with E-state index in [1.807, 2.05) is 6.92 Å². The predicted octanol–water partition coefficient (Wildman–Crippen LogP) is 2.44. The predicted molar refractivity (Wildman–Crippen MR) is 74.0 cm³/mol. The number of carbonyl (C=O) groups excluding carboxylic acids is 1. The third-order valence-corrected chi connectivity index (χ3v) is 5.57. The molecule has 0 bridgehead atoms. The molecule has 0 aromatic rings. The molecule has 3 heteroatoms. The second kappa shape index (κ2) is 5.20. The number of carbonyl (C=O) groups is 1. The number of hydrogen-bond donors (Lipinski definition) is 2. The molecule has 0 radical (unpaired) electrons. The topological polar surface area (TPSA) is 55.1 Å². The molecule has 0 spiro atoms. The first kappa shape index (κ1) is 13.9. The van der Waals surface area contributed by atoms with Crippen molar-refractivity contribution >= 4 is 5.91 Å². The van der Waals surface area contributed by atoms with Gasteiger partial charge in [0.2, 0.25) is 5.91 Å². The van der Waals surface area contributed by atoms with Crippen molar-refractivity contribution in [2.75, 3.05) is 0 Å². The quantitative estimate of drug-likeness (QED) is 0.793. The highest BCUT2D eigenvalue weighted by molar-refractivity contribution is 5.83. The van der Waals surface area contributed by atoms with Crippen molar-refractivity contribution in [1.29, 1.82) is 0 Å². The van der Waals surface area contributed by atoms with E-state index in [2.05, 4.69) is 19.2 Å². The fraction of sp³-hybridized carbons (Fsp3) is 0.933. The molecule has 5 unspecified atom stereocenters. The van der Waals surface area contributed by atoms with Gasteiger partial charge < -0.3 is 11.1 Å². The molecular formula is C15H28N2O. The molecule has 3 N–H and O–H groups in total. The maximum absolute atomic E-state index is 12.5. The van der Waals surface area contributed by atoms with E-state index in [0.717, 1.165) is 25.7 Å². The summed E-state index contributed by atoms with van der Waals surface area (Å²) in [5, 5.41) is 3.29. The van der Waals surface area contributed by atoms with Crippen LogP contribution in [0.1, 0.15) is 59.3 Å². The van der Waals surface area contributed by atoms with Crippen LogP contribution in [0, 0.1) is 17.3 Å². The van der Waals surface area contributed by atoms with Gasteiger partial charge in [0.05, 0.1) is 5.41 Å². The molecule has 18 heavy (non-hydrogen) atoms. The molecule has 1 amide bonds. The minimum atomic E-state index is -0.333. The molecule has 2 saturated carbocycles. The van der Waals surface area contributed by atoms with Gasteiger partial charge in [-0.25, -0.2) is 0 Å². The molecule has 0 saturated heterocycles. The molecule has 5 atom stereocenters. The minimum Gasteiger partial charge on any atom is -0.353 e. The minimum absolute atomic E-state index is 0.0359. The van der Waals surface area contributed by atoms with Gasteiger partial charge in [-0.05, 0) is 38.0 Å². The first-order valence-corrected chi connectivity index (χ1v) is 7.51. The summed E-state index contributed by atoms with van der Waals surface area (Å²) in [6.07, 6.45) is 6.67. The summed E-state index contributed by atoms with van der Waals surface area (Å²) in [7, 11) is 0. The standard InChI is InChI=1S/C15H28N2O/c1-10-6-4-7-12(11(10)2)17-14(18)15(3)9-5-8-13(15)16/h10-13H,4-9,16H2,1-3H3,(H,17,18). The van der Waals surface area contributed by atoms with Crippen LogP contribution in [0.3, 0.4) is 0 Å². The zero-order chi connectivity index (χ0) is 13.3. The van der Waals surface area contributed by atoms with Crippen molar-refractivity contribution in [3.63, 3.8) is 0 Å². The number of hydrogen-bond acceptors (Lipinski definition) is 2. The lowest BCUT2D eigenvalue weighted by Crippen LogP contribution is -2.53. The van der Waals surface area contributed by atoms with E-state index >= 15 is 0 Å². The molecule has 0 heterocycles. The van der Waals surface area contributed by atoms with Crippen LogP contribution in [-0.4, -0.2) is 18.0 Å². The Balaban J connectivity index is 1.98. The third-order valence-electron chi connectivity index (χ3n) is 5.57. The number of nitrogens with one attached hydrogen (secondary N) is 1. The van der Waals surface area contributed by atoms with Crippen LogP contribution < -0.4 is 11.1 Å². The first-order chi connectivity index (χ1) is 8.45. The number of nitrogens with two attached hydrogens (primary N) is 1. The SMILES string of the molecule is CC1CCCC(NC(=O)C2(C)CCCC2N)C1C. The van der Waals surface area contributed by atoms with Gasteiger partial charge in [-0.3, -0.25) is 4.79 Å². The highest BCUT2D eigenvalue weighted by atomic mass is 16.2. The Hall–Kier alpha value is -0.570. The molecule has 0 aliphatic heterocycles. The summed E-state index contributed by atoms with van der Waals surface area (Å²) in [4.78, 5) is 12.5. The van der Waals surface area contributed by atoms with E-state index in [1.54, 1.807) is 0 Å². The van der Waals surface area contributed by atoms with Crippen molar-refractivity contribution in [3.8, 4) is 0 Å². The first-order valence-electron chi connectivity index (χ1n) is 7.51. The molecule has 0 aromatic heterocycles. The fourth-order valence-electron chi connectivity index (χ4n) is 3.59. The summed E-state index contributed by atoms with van der Waals surface area (Å²) in [5.41, 5.74) is 5.79. The Bertz CT molecular complexity index is 318. The highest BCUT2D eigenvalue weighted by Crippen LogP contribution is 2.38. The van der Waals surface area contributed by atoms with E-state index in [4.69, 9.17) is 5.73 Å². The largest absolute Gasteiger partial charge is 0.353 e. The molecule has 2 aliphatic carbocycles. The van der Waals surface area contributed by atoms with Gasteiger partial charge in [0, 0.05) is 12.1 Å². The van der Waals surface area contributed by atoms with Crippen molar-refractivity contribution in [2.45, 2.75) is 71.4 Å². The lowest BCUT2D eigenvalue weighted by molar-refractivity contribution is -0.132. The number of amides is 1. The molecule has 2 rings (SSSR count). The smallest absolute Gasteiger partial charge is 0.227 e. The van der Waals surface area contributed by atoms with Gasteiger partial charge in [-0.2, -0.15) is 0 Å². The lowest BCUT2D eigenvalue weighted by atomic mass is 9.77. The maximum atomic E-state index is 12.5. The Kier molecular flexibility index (Phi) is 4.00. The number of rotatable bonds is 2. The second-order valence-corrected chi connectivity index (χ2v) is 6.76. The molecule has 2 fully saturated rings.